The van der Waals surface area contributed by atoms with Crippen LogP contribution in [0.2, 0.25) is 0 Å². The second kappa shape index (κ2) is 9.08. The molecule has 5 heteroatoms. The van der Waals surface area contributed by atoms with Crippen molar-refractivity contribution in [2.45, 2.75) is 6.54 Å². The molecule has 0 atom stereocenters. The van der Waals surface area contributed by atoms with Gasteiger partial charge in [0.2, 0.25) is 0 Å². The van der Waals surface area contributed by atoms with E-state index >= 15 is 0 Å². The van der Waals surface area contributed by atoms with E-state index < -0.39 is 5.97 Å². The molecule has 5 aromatic rings. The lowest BCUT2D eigenvalue weighted by Gasteiger charge is -2.14. The van der Waals surface area contributed by atoms with Gasteiger partial charge in [-0.25, -0.2) is 9.59 Å². The maximum atomic E-state index is 14.0. The Balaban J connectivity index is 1.92. The second-order valence-electron chi connectivity index (χ2n) is 7.94. The third-order valence-corrected chi connectivity index (χ3v) is 5.80. The first-order chi connectivity index (χ1) is 16.6. The monoisotopic (exact) mass is 446 g/mol. The van der Waals surface area contributed by atoms with Crippen molar-refractivity contribution < 1.29 is 9.90 Å². The molecule has 0 amide bonds. The fraction of sp³-hybridized carbons (Fsp3) is 0.0345. The molecular weight excluding hydrogens is 424 g/mol. The highest BCUT2D eigenvalue weighted by atomic mass is 16.4. The maximum Gasteiger partial charge on any atom is 0.336 e. The van der Waals surface area contributed by atoms with Crippen LogP contribution in [0.25, 0.3) is 28.2 Å². The minimum Gasteiger partial charge on any atom is -0.478 e. The predicted octanol–water partition coefficient (Wildman–Crippen LogP) is 5.72. The first-order valence-electron chi connectivity index (χ1n) is 11.0. The Kier molecular flexibility index (Phi) is 5.67. The molecule has 0 spiro atoms. The van der Waals surface area contributed by atoms with Crippen LogP contribution in [0.3, 0.4) is 0 Å². The molecule has 0 aliphatic heterocycles. The van der Waals surface area contributed by atoms with Crippen LogP contribution in [0, 0.1) is 0 Å². The highest BCUT2D eigenvalue weighted by Gasteiger charge is 2.26. The van der Waals surface area contributed by atoms with Gasteiger partial charge in [-0.15, -0.1) is 0 Å². The number of hydrogen-bond acceptors (Lipinski definition) is 2. The molecule has 0 unspecified atom stereocenters. The van der Waals surface area contributed by atoms with Gasteiger partial charge < -0.3 is 5.11 Å². The average molecular weight is 447 g/mol. The van der Waals surface area contributed by atoms with Crippen molar-refractivity contribution in [2.75, 3.05) is 0 Å². The number of nitrogens with zero attached hydrogens (tertiary/aromatic N) is 2. The minimum atomic E-state index is -1.04. The zero-order valence-corrected chi connectivity index (χ0v) is 18.3. The van der Waals surface area contributed by atoms with Crippen molar-refractivity contribution >= 4 is 5.97 Å². The van der Waals surface area contributed by atoms with E-state index in [1.165, 1.54) is 0 Å². The number of carboxylic acids is 1. The number of carbonyl (C=O) groups is 1. The summed E-state index contributed by atoms with van der Waals surface area (Å²) in [7, 11) is 0. The number of benzene rings is 4. The van der Waals surface area contributed by atoms with Crippen LogP contribution in [-0.2, 0) is 6.54 Å². The lowest BCUT2D eigenvalue weighted by Crippen LogP contribution is -2.24. The van der Waals surface area contributed by atoms with Crippen molar-refractivity contribution in [1.82, 2.24) is 9.13 Å². The molecule has 1 N–H and O–H groups in total. The van der Waals surface area contributed by atoms with Gasteiger partial charge in [0.1, 0.15) is 0 Å². The zero-order chi connectivity index (χ0) is 23.5. The molecule has 1 heterocycles. The summed E-state index contributed by atoms with van der Waals surface area (Å²) in [6.07, 6.45) is 0. The smallest absolute Gasteiger partial charge is 0.336 e. The van der Waals surface area contributed by atoms with E-state index in [0.29, 0.717) is 29.2 Å². The Morgan fingerprint density at radius 3 is 1.88 bits per heavy atom. The van der Waals surface area contributed by atoms with Gasteiger partial charge in [0.15, 0.2) is 0 Å². The first-order valence-corrected chi connectivity index (χ1v) is 11.0. The molecular formula is C29H22N2O3. The van der Waals surface area contributed by atoms with Gasteiger partial charge in [0.25, 0.3) is 0 Å². The zero-order valence-electron chi connectivity index (χ0n) is 18.3. The number of aromatic carboxylic acids is 1. The summed E-state index contributed by atoms with van der Waals surface area (Å²) in [5.74, 6) is -1.04. The number of para-hydroxylation sites is 1. The lowest BCUT2D eigenvalue weighted by atomic mass is 9.99. The van der Waals surface area contributed by atoms with Crippen LogP contribution in [0.4, 0.5) is 0 Å². The van der Waals surface area contributed by atoms with Gasteiger partial charge in [0.05, 0.1) is 29.2 Å². The molecule has 0 saturated heterocycles. The average Bonchev–Trinajstić information content (AvgIpc) is 3.17. The molecule has 166 valence electrons. The summed E-state index contributed by atoms with van der Waals surface area (Å²) >= 11 is 0. The number of carboxylic acid groups (broad SMARTS) is 1. The molecule has 4 aromatic carbocycles. The first kappa shape index (κ1) is 21.2. The van der Waals surface area contributed by atoms with Crippen LogP contribution in [0.5, 0.6) is 0 Å². The van der Waals surface area contributed by atoms with Crippen molar-refractivity contribution in [3.63, 3.8) is 0 Å². The number of aromatic nitrogens is 2. The topological polar surface area (TPSA) is 64.2 Å². The van der Waals surface area contributed by atoms with Crippen LogP contribution >= 0.6 is 0 Å². The molecule has 5 nitrogen and oxygen atoms in total. The molecule has 0 saturated carbocycles. The van der Waals surface area contributed by atoms with E-state index in [1.807, 2.05) is 91.0 Å². The van der Waals surface area contributed by atoms with Crippen LogP contribution in [-0.4, -0.2) is 20.2 Å². The van der Waals surface area contributed by atoms with E-state index in [-0.39, 0.29) is 11.3 Å². The highest BCUT2D eigenvalue weighted by molar-refractivity contribution is 5.98. The Hall–Kier alpha value is -4.64. The van der Waals surface area contributed by atoms with Crippen LogP contribution in [0.15, 0.2) is 120 Å². The summed E-state index contributed by atoms with van der Waals surface area (Å²) in [5.41, 5.74) is 4.10. The van der Waals surface area contributed by atoms with Gasteiger partial charge in [-0.2, -0.15) is 0 Å². The Morgan fingerprint density at radius 1 is 0.676 bits per heavy atom. The fourth-order valence-corrected chi connectivity index (χ4v) is 4.29. The van der Waals surface area contributed by atoms with Gasteiger partial charge in [0, 0.05) is 11.1 Å². The highest BCUT2D eigenvalue weighted by Crippen LogP contribution is 2.35. The molecule has 0 aliphatic carbocycles. The lowest BCUT2D eigenvalue weighted by molar-refractivity contribution is 0.0697. The molecule has 0 aliphatic rings. The predicted molar refractivity (Wildman–Crippen MR) is 133 cm³/mol. The normalized spacial score (nSPS) is 10.8. The van der Waals surface area contributed by atoms with E-state index in [2.05, 4.69) is 0 Å². The van der Waals surface area contributed by atoms with Crippen molar-refractivity contribution in [3.8, 4) is 28.2 Å². The number of rotatable bonds is 6. The summed E-state index contributed by atoms with van der Waals surface area (Å²) in [4.78, 5) is 26.2. The molecule has 5 rings (SSSR count). The minimum absolute atomic E-state index is 0.140. The maximum absolute atomic E-state index is 14.0. The van der Waals surface area contributed by atoms with E-state index in [0.717, 1.165) is 11.1 Å². The quantitative estimate of drug-likeness (QED) is 0.363. The summed E-state index contributed by atoms with van der Waals surface area (Å²) in [6.45, 7) is 0.353. The molecule has 1 aromatic heterocycles. The van der Waals surface area contributed by atoms with E-state index in [9.17, 15) is 14.7 Å². The SMILES string of the molecule is O=C(O)c1ccccc1-c1c(-c2ccccc2)n(Cc2ccccc2)c(=O)n1-c1ccccc1. The Bertz CT molecular complexity index is 1500. The third kappa shape index (κ3) is 3.84. The Morgan fingerprint density at radius 2 is 1.24 bits per heavy atom. The fourth-order valence-electron chi connectivity index (χ4n) is 4.29. The number of hydrogen-bond donors (Lipinski definition) is 1. The van der Waals surface area contributed by atoms with Crippen molar-refractivity contribution in [2.24, 2.45) is 0 Å². The van der Waals surface area contributed by atoms with Crippen molar-refractivity contribution in [1.29, 1.82) is 0 Å². The van der Waals surface area contributed by atoms with E-state index in [1.54, 1.807) is 33.4 Å². The standard InChI is InChI=1S/C29H22N2O3/c32-28(33)25-19-11-10-18-24(25)27-26(22-14-6-2-7-15-22)30(20-21-12-4-1-5-13-21)29(34)31(27)23-16-8-3-9-17-23/h1-19H,20H2,(H,32,33). The van der Waals surface area contributed by atoms with Gasteiger partial charge in [-0.1, -0.05) is 97.1 Å². The molecule has 0 radical (unpaired) electrons. The summed E-state index contributed by atoms with van der Waals surface area (Å²) in [6, 6.07) is 35.6. The number of imidazole rings is 1. The van der Waals surface area contributed by atoms with E-state index in [4.69, 9.17) is 0 Å². The van der Waals surface area contributed by atoms with Gasteiger partial charge in [-0.3, -0.25) is 9.13 Å². The van der Waals surface area contributed by atoms with Crippen LogP contribution < -0.4 is 5.69 Å². The third-order valence-electron chi connectivity index (χ3n) is 5.80. The van der Waals surface area contributed by atoms with Gasteiger partial charge in [-0.05, 0) is 23.8 Å². The second-order valence-corrected chi connectivity index (χ2v) is 7.94. The van der Waals surface area contributed by atoms with Gasteiger partial charge >= 0.3 is 11.7 Å². The summed E-state index contributed by atoms with van der Waals surface area (Å²) in [5, 5.41) is 9.97. The largest absolute Gasteiger partial charge is 0.478 e. The van der Waals surface area contributed by atoms with Crippen LogP contribution in [0.1, 0.15) is 15.9 Å². The Labute approximate surface area is 196 Å². The van der Waals surface area contributed by atoms with Crippen molar-refractivity contribution in [3.05, 3.63) is 137 Å². The molecule has 34 heavy (non-hydrogen) atoms. The molecule has 0 fully saturated rings. The summed E-state index contributed by atoms with van der Waals surface area (Å²) < 4.78 is 3.35. The molecule has 0 bridgehead atoms.